The highest BCUT2D eigenvalue weighted by Crippen LogP contribution is 2.31. The highest BCUT2D eigenvalue weighted by atomic mass is 19.4. The van der Waals surface area contributed by atoms with Crippen LogP contribution in [0.2, 0.25) is 0 Å². The van der Waals surface area contributed by atoms with E-state index in [2.05, 4.69) is 31.1 Å². The van der Waals surface area contributed by atoms with Crippen LogP contribution in [0.25, 0.3) is 0 Å². The molecule has 1 aliphatic rings. The third-order valence-electron chi connectivity index (χ3n) is 5.33. The molecule has 3 rings (SSSR count). The van der Waals surface area contributed by atoms with Gasteiger partial charge in [0.15, 0.2) is 0 Å². The van der Waals surface area contributed by atoms with E-state index in [1.807, 2.05) is 27.9 Å². The number of amides is 1. The van der Waals surface area contributed by atoms with Crippen molar-refractivity contribution < 1.29 is 32.6 Å². The van der Waals surface area contributed by atoms with Crippen molar-refractivity contribution in [3.05, 3.63) is 52.8 Å². The predicted octanol–water partition coefficient (Wildman–Crippen LogP) is 3.55. The van der Waals surface area contributed by atoms with Gasteiger partial charge in [-0.05, 0) is 43.4 Å². The number of methoxy groups -OCH3 is 1. The van der Waals surface area contributed by atoms with E-state index in [-0.39, 0.29) is 11.9 Å². The SMILES string of the molecule is CCn1ncc2c1C(COC)N(C(=O)CCc1ccccc1C)CC2.O=C(O)C(F)(F)F. The number of rotatable bonds is 6. The van der Waals surface area contributed by atoms with Gasteiger partial charge in [-0.3, -0.25) is 9.48 Å². The van der Waals surface area contributed by atoms with Gasteiger partial charge in [0.1, 0.15) is 0 Å². The monoisotopic (exact) mass is 455 g/mol. The Labute approximate surface area is 184 Å². The number of carbonyl (C=O) groups excluding carboxylic acids is 1. The number of aliphatic carboxylic acids is 1. The number of carboxylic acids is 1. The van der Waals surface area contributed by atoms with Gasteiger partial charge in [0.2, 0.25) is 5.91 Å². The maximum absolute atomic E-state index is 12.9. The Morgan fingerprint density at radius 2 is 1.94 bits per heavy atom. The molecular formula is C22H28F3N3O4. The van der Waals surface area contributed by atoms with Gasteiger partial charge in [-0.1, -0.05) is 24.3 Å². The molecule has 7 nitrogen and oxygen atoms in total. The molecule has 1 N–H and O–H groups in total. The molecule has 2 aromatic rings. The second-order valence-corrected chi connectivity index (χ2v) is 7.41. The zero-order valence-corrected chi connectivity index (χ0v) is 18.4. The van der Waals surface area contributed by atoms with Crippen LogP contribution in [0, 0.1) is 6.92 Å². The number of hydrogen-bond acceptors (Lipinski definition) is 4. The Morgan fingerprint density at radius 3 is 2.50 bits per heavy atom. The molecule has 2 heterocycles. The van der Waals surface area contributed by atoms with Gasteiger partial charge < -0.3 is 14.7 Å². The normalized spacial score (nSPS) is 15.6. The fourth-order valence-electron chi connectivity index (χ4n) is 3.71. The summed E-state index contributed by atoms with van der Waals surface area (Å²) in [6.07, 6.45) is -0.968. The Kier molecular flexibility index (Phi) is 8.82. The summed E-state index contributed by atoms with van der Waals surface area (Å²) in [7, 11) is 1.69. The highest BCUT2D eigenvalue weighted by molar-refractivity contribution is 5.77. The Bertz CT molecular complexity index is 914. The molecule has 1 unspecified atom stereocenters. The number of aryl methyl sites for hydroxylation is 3. The summed E-state index contributed by atoms with van der Waals surface area (Å²) in [6, 6.07) is 8.23. The second-order valence-electron chi connectivity index (χ2n) is 7.41. The van der Waals surface area contributed by atoms with Gasteiger partial charge >= 0.3 is 12.1 Å². The lowest BCUT2D eigenvalue weighted by Gasteiger charge is -2.36. The van der Waals surface area contributed by atoms with Gasteiger partial charge in [0.25, 0.3) is 0 Å². The molecule has 176 valence electrons. The Morgan fingerprint density at radius 1 is 1.28 bits per heavy atom. The average Bonchev–Trinajstić information content (AvgIpc) is 3.17. The van der Waals surface area contributed by atoms with E-state index in [0.29, 0.717) is 13.0 Å². The number of carbonyl (C=O) groups is 2. The predicted molar refractivity (Wildman–Crippen MR) is 111 cm³/mol. The number of aromatic nitrogens is 2. The molecule has 0 bridgehead atoms. The fraction of sp³-hybridized carbons (Fsp3) is 0.500. The zero-order chi connectivity index (χ0) is 23.9. The molecule has 10 heteroatoms. The lowest BCUT2D eigenvalue weighted by Crippen LogP contribution is -2.42. The quantitative estimate of drug-likeness (QED) is 0.720. The van der Waals surface area contributed by atoms with Crippen molar-refractivity contribution in [3.63, 3.8) is 0 Å². The van der Waals surface area contributed by atoms with E-state index in [1.54, 1.807) is 7.11 Å². The van der Waals surface area contributed by atoms with E-state index in [4.69, 9.17) is 14.6 Å². The summed E-state index contributed by atoms with van der Waals surface area (Å²) in [5.41, 5.74) is 4.87. The van der Waals surface area contributed by atoms with Crippen molar-refractivity contribution in [2.75, 3.05) is 20.3 Å². The van der Waals surface area contributed by atoms with Crippen LogP contribution in [-0.2, 0) is 33.7 Å². The summed E-state index contributed by atoms with van der Waals surface area (Å²) < 4.78 is 39.2. The van der Waals surface area contributed by atoms with E-state index in [1.165, 1.54) is 16.7 Å². The van der Waals surface area contributed by atoms with E-state index in [9.17, 15) is 18.0 Å². The Balaban J connectivity index is 0.000000451. The second kappa shape index (κ2) is 11.1. The third kappa shape index (κ3) is 6.32. The average molecular weight is 455 g/mol. The molecule has 1 amide bonds. The molecule has 32 heavy (non-hydrogen) atoms. The molecule has 1 aromatic heterocycles. The standard InChI is InChI=1S/C20H27N3O2.C2HF3O2/c1-4-23-20-17(13-21-23)11-12-22(18(20)14-25-3)19(24)10-9-16-8-6-5-7-15(16)2;3-2(4,5)1(6)7/h5-8,13,18H,4,9-12,14H2,1-3H3;(H,6,7). The molecule has 1 aliphatic heterocycles. The van der Waals surface area contributed by atoms with E-state index >= 15 is 0 Å². The zero-order valence-electron chi connectivity index (χ0n) is 18.4. The molecular weight excluding hydrogens is 427 g/mol. The first-order chi connectivity index (χ1) is 15.1. The van der Waals surface area contributed by atoms with Crippen LogP contribution in [0.5, 0.6) is 0 Å². The summed E-state index contributed by atoms with van der Waals surface area (Å²) >= 11 is 0. The van der Waals surface area contributed by atoms with Crippen molar-refractivity contribution in [1.82, 2.24) is 14.7 Å². The molecule has 0 saturated heterocycles. The number of hydrogen-bond donors (Lipinski definition) is 1. The molecule has 0 spiro atoms. The third-order valence-corrected chi connectivity index (χ3v) is 5.33. The number of benzene rings is 1. The summed E-state index contributed by atoms with van der Waals surface area (Å²) in [5.74, 6) is -2.56. The first-order valence-electron chi connectivity index (χ1n) is 10.3. The molecule has 0 saturated carbocycles. The van der Waals surface area contributed by atoms with Crippen LogP contribution in [0.15, 0.2) is 30.5 Å². The Hall–Kier alpha value is -2.88. The molecule has 1 aromatic carbocycles. The molecule has 1 atom stereocenters. The van der Waals surface area contributed by atoms with Crippen LogP contribution in [0.1, 0.15) is 41.8 Å². The smallest absolute Gasteiger partial charge is 0.475 e. The maximum atomic E-state index is 12.9. The number of carboxylic acid groups (broad SMARTS) is 1. The lowest BCUT2D eigenvalue weighted by molar-refractivity contribution is -0.192. The van der Waals surface area contributed by atoms with Crippen molar-refractivity contribution in [2.45, 2.75) is 51.9 Å². The van der Waals surface area contributed by atoms with Gasteiger partial charge in [0.05, 0.1) is 24.5 Å². The minimum Gasteiger partial charge on any atom is -0.475 e. The van der Waals surface area contributed by atoms with Gasteiger partial charge in [-0.15, -0.1) is 0 Å². The van der Waals surface area contributed by atoms with Gasteiger partial charge in [-0.25, -0.2) is 4.79 Å². The van der Waals surface area contributed by atoms with Crippen molar-refractivity contribution >= 4 is 11.9 Å². The first kappa shape index (κ1) is 25.4. The van der Waals surface area contributed by atoms with Crippen LogP contribution in [0.3, 0.4) is 0 Å². The topological polar surface area (TPSA) is 84.7 Å². The van der Waals surface area contributed by atoms with Crippen LogP contribution >= 0.6 is 0 Å². The molecule has 0 radical (unpaired) electrons. The van der Waals surface area contributed by atoms with Crippen molar-refractivity contribution in [1.29, 1.82) is 0 Å². The van der Waals surface area contributed by atoms with E-state index in [0.717, 1.165) is 31.6 Å². The number of alkyl halides is 3. The molecule has 0 aliphatic carbocycles. The van der Waals surface area contributed by atoms with Crippen molar-refractivity contribution in [3.8, 4) is 0 Å². The summed E-state index contributed by atoms with van der Waals surface area (Å²) in [4.78, 5) is 23.8. The van der Waals surface area contributed by atoms with Crippen LogP contribution < -0.4 is 0 Å². The number of ether oxygens (including phenoxy) is 1. The van der Waals surface area contributed by atoms with Crippen LogP contribution in [-0.4, -0.2) is 58.1 Å². The molecule has 0 fully saturated rings. The first-order valence-corrected chi connectivity index (χ1v) is 10.3. The van der Waals surface area contributed by atoms with E-state index < -0.39 is 12.1 Å². The van der Waals surface area contributed by atoms with Crippen molar-refractivity contribution in [2.24, 2.45) is 0 Å². The summed E-state index contributed by atoms with van der Waals surface area (Å²) in [5, 5.41) is 11.6. The fourth-order valence-corrected chi connectivity index (χ4v) is 3.71. The number of nitrogens with zero attached hydrogens (tertiary/aromatic N) is 3. The lowest BCUT2D eigenvalue weighted by atomic mass is 9.98. The largest absolute Gasteiger partial charge is 0.490 e. The van der Waals surface area contributed by atoms with Crippen LogP contribution in [0.4, 0.5) is 13.2 Å². The number of fused-ring (bicyclic) bond motifs is 1. The highest BCUT2D eigenvalue weighted by Gasteiger charge is 2.38. The van der Waals surface area contributed by atoms with Gasteiger partial charge in [-0.2, -0.15) is 18.3 Å². The maximum Gasteiger partial charge on any atom is 0.490 e. The minimum absolute atomic E-state index is 0.0411. The summed E-state index contributed by atoms with van der Waals surface area (Å²) in [6.45, 7) is 6.23. The van der Waals surface area contributed by atoms with Gasteiger partial charge in [0, 0.05) is 26.6 Å². The number of halogens is 3. The minimum atomic E-state index is -5.08.